The predicted molar refractivity (Wildman–Crippen MR) is 81.2 cm³/mol. The van der Waals surface area contributed by atoms with Crippen molar-refractivity contribution in [1.29, 1.82) is 0 Å². The molecule has 0 unspecified atom stereocenters. The van der Waals surface area contributed by atoms with Crippen LogP contribution in [0.2, 0.25) is 0 Å². The van der Waals surface area contributed by atoms with Crippen LogP contribution in [-0.4, -0.2) is 55.9 Å². The molecule has 0 spiro atoms. The number of methoxy groups -OCH3 is 1. The second-order valence-electron chi connectivity index (χ2n) is 6.14. The molecule has 2 aliphatic rings. The number of hydrogen-bond acceptors (Lipinski definition) is 7. The molecule has 2 aliphatic heterocycles. The molecule has 3 rings (SSSR count). The molecule has 0 saturated carbocycles. The lowest BCUT2D eigenvalue weighted by atomic mass is 10.1. The number of ether oxygens (including phenoxy) is 5. The van der Waals surface area contributed by atoms with Crippen LogP contribution in [0.5, 0.6) is 0 Å². The van der Waals surface area contributed by atoms with E-state index in [-0.39, 0.29) is 12.4 Å². The molecule has 2 saturated heterocycles. The molecule has 1 aromatic carbocycles. The summed E-state index contributed by atoms with van der Waals surface area (Å²) in [7, 11) is 1.42. The Morgan fingerprint density at radius 1 is 1.21 bits per heavy atom. The molecule has 2 heterocycles. The quantitative estimate of drug-likeness (QED) is 0.770. The highest BCUT2D eigenvalue weighted by Gasteiger charge is 2.54. The minimum atomic E-state index is -0.960. The Hall–Kier alpha value is -1.80. The second kappa shape index (κ2) is 6.60. The zero-order valence-electron chi connectivity index (χ0n) is 13.8. The van der Waals surface area contributed by atoms with Crippen LogP contribution in [0.3, 0.4) is 0 Å². The largest absolute Gasteiger partial charge is 0.450 e. The SMILES string of the molecule is CO[C@@H]1OCC(=O)[C@H]2OC(C)(C)O[C@@H]2[C@H]1OC(=O)c1ccccc1. The number of hydrogen-bond donors (Lipinski definition) is 0. The lowest BCUT2D eigenvalue weighted by Crippen LogP contribution is -2.46. The standard InChI is InChI=1S/C17H20O7/c1-17(2)23-12-11(18)9-21-16(20-3)14(13(12)24-17)22-15(19)10-7-5-4-6-8-10/h4-8,12-14,16H,9H2,1-3H3/t12-,13+,14-,16-/m1/s1. The van der Waals surface area contributed by atoms with Gasteiger partial charge in [0.05, 0.1) is 5.56 Å². The van der Waals surface area contributed by atoms with Gasteiger partial charge in [0.2, 0.25) is 0 Å². The Balaban J connectivity index is 1.86. The molecule has 130 valence electrons. The van der Waals surface area contributed by atoms with Gasteiger partial charge in [0.25, 0.3) is 0 Å². The summed E-state index contributed by atoms with van der Waals surface area (Å²) in [4.78, 5) is 24.6. The van der Waals surface area contributed by atoms with Crippen LogP contribution in [0.1, 0.15) is 24.2 Å². The van der Waals surface area contributed by atoms with Crippen molar-refractivity contribution in [2.45, 2.75) is 44.2 Å². The van der Waals surface area contributed by atoms with E-state index in [1.807, 2.05) is 0 Å². The fraction of sp³-hybridized carbons (Fsp3) is 0.529. The lowest BCUT2D eigenvalue weighted by Gasteiger charge is -2.28. The monoisotopic (exact) mass is 336 g/mol. The number of benzene rings is 1. The molecule has 0 aromatic heterocycles. The van der Waals surface area contributed by atoms with E-state index in [0.717, 1.165) is 0 Å². The summed E-state index contributed by atoms with van der Waals surface area (Å²) in [5.74, 6) is -1.78. The summed E-state index contributed by atoms with van der Waals surface area (Å²) in [6.45, 7) is 3.21. The van der Waals surface area contributed by atoms with E-state index >= 15 is 0 Å². The van der Waals surface area contributed by atoms with Crippen LogP contribution in [0.25, 0.3) is 0 Å². The molecule has 24 heavy (non-hydrogen) atoms. The summed E-state index contributed by atoms with van der Waals surface area (Å²) in [5.41, 5.74) is 0.387. The van der Waals surface area contributed by atoms with E-state index in [1.54, 1.807) is 44.2 Å². The molecule has 0 bridgehead atoms. The van der Waals surface area contributed by atoms with Gasteiger partial charge in [-0.3, -0.25) is 4.79 Å². The molecular weight excluding hydrogens is 316 g/mol. The lowest BCUT2D eigenvalue weighted by molar-refractivity contribution is -0.216. The van der Waals surface area contributed by atoms with E-state index in [0.29, 0.717) is 5.56 Å². The molecule has 4 atom stereocenters. The number of carbonyl (C=O) groups excluding carboxylic acids is 2. The summed E-state index contributed by atoms with van der Waals surface area (Å²) in [5, 5.41) is 0. The molecule has 0 N–H and O–H groups in total. The van der Waals surface area contributed by atoms with Gasteiger partial charge in [0.1, 0.15) is 12.7 Å². The first-order valence-electron chi connectivity index (χ1n) is 7.70. The molecule has 0 aliphatic carbocycles. The van der Waals surface area contributed by atoms with Crippen molar-refractivity contribution in [2.75, 3.05) is 13.7 Å². The number of Topliss-reactive ketones (excluding diaryl/α,β-unsaturated/α-hetero) is 1. The van der Waals surface area contributed by atoms with Gasteiger partial charge >= 0.3 is 5.97 Å². The van der Waals surface area contributed by atoms with Crippen molar-refractivity contribution in [2.24, 2.45) is 0 Å². The topological polar surface area (TPSA) is 80.3 Å². The van der Waals surface area contributed by atoms with Crippen LogP contribution in [-0.2, 0) is 28.5 Å². The fourth-order valence-corrected chi connectivity index (χ4v) is 2.87. The van der Waals surface area contributed by atoms with Crippen molar-refractivity contribution in [3.8, 4) is 0 Å². The van der Waals surface area contributed by atoms with Gasteiger partial charge in [0, 0.05) is 7.11 Å². The predicted octanol–water partition coefficient (Wildman–Crippen LogP) is 1.30. The number of esters is 1. The Morgan fingerprint density at radius 3 is 2.58 bits per heavy atom. The van der Waals surface area contributed by atoms with E-state index in [2.05, 4.69) is 0 Å². The highest BCUT2D eigenvalue weighted by atomic mass is 16.8. The van der Waals surface area contributed by atoms with Gasteiger partial charge in [-0.25, -0.2) is 4.79 Å². The Bertz CT molecular complexity index is 613. The van der Waals surface area contributed by atoms with Crippen molar-refractivity contribution in [1.82, 2.24) is 0 Å². The molecule has 7 nitrogen and oxygen atoms in total. The van der Waals surface area contributed by atoms with Crippen LogP contribution >= 0.6 is 0 Å². The van der Waals surface area contributed by atoms with Crippen LogP contribution in [0, 0.1) is 0 Å². The summed E-state index contributed by atoms with van der Waals surface area (Å²) in [6, 6.07) is 8.55. The first kappa shape index (κ1) is 17.0. The van der Waals surface area contributed by atoms with Gasteiger partial charge in [-0.15, -0.1) is 0 Å². The minimum absolute atomic E-state index is 0.196. The van der Waals surface area contributed by atoms with Crippen LogP contribution in [0.4, 0.5) is 0 Å². The summed E-state index contributed by atoms with van der Waals surface area (Å²) in [6.07, 6.45) is -3.52. The average molecular weight is 336 g/mol. The van der Waals surface area contributed by atoms with E-state index in [4.69, 9.17) is 23.7 Å². The number of rotatable bonds is 3. The highest BCUT2D eigenvalue weighted by molar-refractivity contribution is 5.90. The van der Waals surface area contributed by atoms with Crippen molar-refractivity contribution >= 4 is 11.8 Å². The third-order valence-corrected chi connectivity index (χ3v) is 3.91. The smallest absolute Gasteiger partial charge is 0.338 e. The van der Waals surface area contributed by atoms with Crippen molar-refractivity contribution in [3.05, 3.63) is 35.9 Å². The number of fused-ring (bicyclic) bond motifs is 1. The van der Waals surface area contributed by atoms with Gasteiger partial charge in [-0.05, 0) is 26.0 Å². The second-order valence-corrected chi connectivity index (χ2v) is 6.14. The van der Waals surface area contributed by atoms with E-state index < -0.39 is 36.4 Å². The minimum Gasteiger partial charge on any atom is -0.450 e. The number of carbonyl (C=O) groups is 2. The highest BCUT2D eigenvalue weighted by Crippen LogP contribution is 2.35. The van der Waals surface area contributed by atoms with E-state index in [9.17, 15) is 9.59 Å². The van der Waals surface area contributed by atoms with Gasteiger partial charge in [0.15, 0.2) is 30.1 Å². The maximum atomic E-state index is 12.4. The van der Waals surface area contributed by atoms with Crippen LogP contribution in [0.15, 0.2) is 30.3 Å². The molecule has 2 fully saturated rings. The Labute approximate surface area is 139 Å². The van der Waals surface area contributed by atoms with E-state index in [1.165, 1.54) is 7.11 Å². The zero-order chi connectivity index (χ0) is 17.3. The third kappa shape index (κ3) is 3.34. The molecule has 7 heteroatoms. The fourth-order valence-electron chi connectivity index (χ4n) is 2.87. The van der Waals surface area contributed by atoms with Crippen LogP contribution < -0.4 is 0 Å². The van der Waals surface area contributed by atoms with Crippen molar-refractivity contribution in [3.63, 3.8) is 0 Å². The Morgan fingerprint density at radius 2 is 1.92 bits per heavy atom. The number of ketones is 1. The first-order chi connectivity index (χ1) is 11.4. The van der Waals surface area contributed by atoms with Gasteiger partial charge in [-0.2, -0.15) is 0 Å². The van der Waals surface area contributed by atoms with Gasteiger partial charge in [-0.1, -0.05) is 18.2 Å². The molecule has 0 amide bonds. The zero-order valence-corrected chi connectivity index (χ0v) is 13.8. The summed E-state index contributed by atoms with van der Waals surface area (Å²) >= 11 is 0. The van der Waals surface area contributed by atoms with Crippen molar-refractivity contribution < 1.29 is 33.3 Å². The average Bonchev–Trinajstić information content (AvgIpc) is 2.84. The van der Waals surface area contributed by atoms with Gasteiger partial charge < -0.3 is 23.7 Å². The Kier molecular flexibility index (Phi) is 4.69. The third-order valence-electron chi connectivity index (χ3n) is 3.91. The normalized spacial score (nSPS) is 32.0. The molecular formula is C17H20O7. The molecule has 1 aromatic rings. The maximum absolute atomic E-state index is 12.4. The first-order valence-corrected chi connectivity index (χ1v) is 7.70. The maximum Gasteiger partial charge on any atom is 0.338 e. The summed E-state index contributed by atoms with van der Waals surface area (Å²) < 4.78 is 27.7. The molecule has 0 radical (unpaired) electrons.